The minimum atomic E-state index is 0.608. The Balaban J connectivity index is 2.05. The normalized spacial score (nSPS) is 14.3. The van der Waals surface area contributed by atoms with E-state index in [0.29, 0.717) is 6.54 Å². The first-order valence-corrected chi connectivity index (χ1v) is 6.49. The number of nitrogens with one attached hydrogen (secondary N) is 1. The van der Waals surface area contributed by atoms with Crippen LogP contribution in [0.1, 0.15) is 16.7 Å². The van der Waals surface area contributed by atoms with Gasteiger partial charge in [-0.2, -0.15) is 0 Å². The van der Waals surface area contributed by atoms with Crippen molar-refractivity contribution in [2.45, 2.75) is 19.5 Å². The molecule has 92 valence electrons. The zero-order valence-corrected chi connectivity index (χ0v) is 10.4. The summed E-state index contributed by atoms with van der Waals surface area (Å²) >= 11 is 0. The molecule has 3 N–H and O–H groups in total. The monoisotopic (exact) mass is 238 g/mol. The Labute approximate surface area is 108 Å². The summed E-state index contributed by atoms with van der Waals surface area (Å²) in [5, 5.41) is 3.42. The van der Waals surface area contributed by atoms with E-state index in [1.54, 1.807) is 0 Å². The summed E-state index contributed by atoms with van der Waals surface area (Å²) in [6, 6.07) is 15.2. The predicted molar refractivity (Wildman–Crippen MR) is 75.2 cm³/mol. The largest absolute Gasteiger partial charge is 0.326 e. The molecule has 0 aromatic heterocycles. The molecule has 0 amide bonds. The van der Waals surface area contributed by atoms with E-state index in [2.05, 4.69) is 47.8 Å². The van der Waals surface area contributed by atoms with E-state index >= 15 is 0 Å². The summed E-state index contributed by atoms with van der Waals surface area (Å²) in [5.74, 6) is 0. The summed E-state index contributed by atoms with van der Waals surface area (Å²) in [6.45, 7) is 2.67. The Morgan fingerprint density at radius 2 is 1.89 bits per heavy atom. The van der Waals surface area contributed by atoms with E-state index in [4.69, 9.17) is 5.73 Å². The molecule has 0 unspecified atom stereocenters. The van der Waals surface area contributed by atoms with E-state index < -0.39 is 0 Å². The van der Waals surface area contributed by atoms with Gasteiger partial charge in [0.1, 0.15) is 0 Å². The van der Waals surface area contributed by atoms with Crippen LogP contribution < -0.4 is 11.1 Å². The Morgan fingerprint density at radius 1 is 1.06 bits per heavy atom. The topological polar surface area (TPSA) is 38.0 Å². The zero-order chi connectivity index (χ0) is 12.4. The molecule has 0 radical (unpaired) electrons. The quantitative estimate of drug-likeness (QED) is 0.843. The minimum Gasteiger partial charge on any atom is -0.326 e. The molecule has 0 aliphatic carbocycles. The lowest BCUT2D eigenvalue weighted by atomic mass is 9.91. The van der Waals surface area contributed by atoms with Crippen LogP contribution in [-0.2, 0) is 19.5 Å². The summed E-state index contributed by atoms with van der Waals surface area (Å²) in [4.78, 5) is 0. The van der Waals surface area contributed by atoms with Gasteiger partial charge in [0, 0.05) is 13.1 Å². The molecule has 0 saturated carbocycles. The minimum absolute atomic E-state index is 0.608. The Morgan fingerprint density at radius 3 is 2.67 bits per heavy atom. The van der Waals surface area contributed by atoms with Crippen molar-refractivity contribution in [3.8, 4) is 11.1 Å². The second kappa shape index (κ2) is 4.92. The molecule has 1 aliphatic heterocycles. The molecular weight excluding hydrogens is 220 g/mol. The molecule has 0 spiro atoms. The Bertz CT molecular complexity index is 544. The first kappa shape index (κ1) is 11.5. The average molecular weight is 238 g/mol. The third-order valence-electron chi connectivity index (χ3n) is 3.64. The maximum absolute atomic E-state index is 5.64. The van der Waals surface area contributed by atoms with E-state index in [1.165, 1.54) is 27.8 Å². The highest BCUT2D eigenvalue weighted by Crippen LogP contribution is 2.28. The molecular formula is C16H18N2. The number of hydrogen-bond donors (Lipinski definition) is 2. The van der Waals surface area contributed by atoms with Gasteiger partial charge in [0.2, 0.25) is 0 Å². The van der Waals surface area contributed by atoms with Gasteiger partial charge in [-0.3, -0.25) is 0 Å². The summed E-state index contributed by atoms with van der Waals surface area (Å²) in [6.07, 6.45) is 1.12. The standard InChI is InChI=1S/C16H18N2/c17-10-12-4-6-13(7-5-12)15-3-1-2-14-11-18-9-8-16(14)15/h1-7,18H,8-11,17H2. The van der Waals surface area contributed by atoms with Crippen molar-refractivity contribution in [2.24, 2.45) is 5.73 Å². The lowest BCUT2D eigenvalue weighted by Crippen LogP contribution is -2.24. The first-order valence-electron chi connectivity index (χ1n) is 6.49. The molecule has 0 atom stereocenters. The van der Waals surface area contributed by atoms with Gasteiger partial charge in [0.15, 0.2) is 0 Å². The van der Waals surface area contributed by atoms with Crippen LogP contribution in [0, 0.1) is 0 Å². The van der Waals surface area contributed by atoms with Gasteiger partial charge in [-0.1, -0.05) is 42.5 Å². The van der Waals surface area contributed by atoms with E-state index in [-0.39, 0.29) is 0 Å². The third kappa shape index (κ3) is 2.05. The average Bonchev–Trinajstić information content (AvgIpc) is 2.47. The molecule has 1 heterocycles. The lowest BCUT2D eigenvalue weighted by Gasteiger charge is -2.20. The fourth-order valence-corrected chi connectivity index (χ4v) is 2.62. The van der Waals surface area contributed by atoms with Crippen LogP contribution >= 0.6 is 0 Å². The van der Waals surface area contributed by atoms with Gasteiger partial charge >= 0.3 is 0 Å². The van der Waals surface area contributed by atoms with Crippen molar-refractivity contribution >= 4 is 0 Å². The van der Waals surface area contributed by atoms with E-state index in [1.807, 2.05) is 0 Å². The van der Waals surface area contributed by atoms with Gasteiger partial charge in [-0.05, 0) is 40.8 Å². The summed E-state index contributed by atoms with van der Waals surface area (Å²) < 4.78 is 0. The van der Waals surface area contributed by atoms with Gasteiger partial charge in [0.25, 0.3) is 0 Å². The Hall–Kier alpha value is -1.64. The van der Waals surface area contributed by atoms with Gasteiger partial charge in [-0.15, -0.1) is 0 Å². The predicted octanol–water partition coefficient (Wildman–Crippen LogP) is 2.46. The zero-order valence-electron chi connectivity index (χ0n) is 10.4. The molecule has 2 aromatic rings. The smallest absolute Gasteiger partial charge is 0.0208 e. The van der Waals surface area contributed by atoms with Crippen LogP contribution in [0.2, 0.25) is 0 Å². The van der Waals surface area contributed by atoms with Crippen LogP contribution in [-0.4, -0.2) is 6.54 Å². The SMILES string of the molecule is NCc1ccc(-c2cccc3c2CCNC3)cc1. The van der Waals surface area contributed by atoms with Crippen molar-refractivity contribution in [1.29, 1.82) is 0 Å². The highest BCUT2D eigenvalue weighted by atomic mass is 14.9. The fraction of sp³-hybridized carbons (Fsp3) is 0.250. The van der Waals surface area contributed by atoms with E-state index in [0.717, 1.165) is 19.5 Å². The summed E-state index contributed by atoms with van der Waals surface area (Å²) in [5.41, 5.74) is 12.4. The van der Waals surface area contributed by atoms with Crippen molar-refractivity contribution < 1.29 is 0 Å². The first-order chi connectivity index (χ1) is 8.88. The number of hydrogen-bond acceptors (Lipinski definition) is 2. The highest BCUT2D eigenvalue weighted by molar-refractivity contribution is 5.69. The lowest BCUT2D eigenvalue weighted by molar-refractivity contribution is 0.645. The molecule has 2 heteroatoms. The molecule has 3 rings (SSSR count). The second-order valence-corrected chi connectivity index (χ2v) is 4.77. The summed E-state index contributed by atoms with van der Waals surface area (Å²) in [7, 11) is 0. The van der Waals surface area contributed by atoms with Gasteiger partial charge in [0.05, 0.1) is 0 Å². The maximum Gasteiger partial charge on any atom is 0.0208 e. The van der Waals surface area contributed by atoms with Gasteiger partial charge < -0.3 is 11.1 Å². The van der Waals surface area contributed by atoms with Crippen molar-refractivity contribution in [3.63, 3.8) is 0 Å². The van der Waals surface area contributed by atoms with Crippen molar-refractivity contribution in [1.82, 2.24) is 5.32 Å². The van der Waals surface area contributed by atoms with Crippen molar-refractivity contribution in [3.05, 3.63) is 59.2 Å². The molecule has 0 fully saturated rings. The number of benzene rings is 2. The molecule has 0 saturated heterocycles. The van der Waals surface area contributed by atoms with Gasteiger partial charge in [-0.25, -0.2) is 0 Å². The molecule has 1 aliphatic rings. The Kier molecular flexibility index (Phi) is 3.13. The van der Waals surface area contributed by atoms with E-state index in [9.17, 15) is 0 Å². The third-order valence-corrected chi connectivity index (χ3v) is 3.64. The van der Waals surface area contributed by atoms with Crippen LogP contribution in [0.4, 0.5) is 0 Å². The van der Waals surface area contributed by atoms with Crippen LogP contribution in [0.3, 0.4) is 0 Å². The number of nitrogens with two attached hydrogens (primary N) is 1. The number of fused-ring (bicyclic) bond motifs is 1. The van der Waals surface area contributed by atoms with Crippen LogP contribution in [0.5, 0.6) is 0 Å². The molecule has 2 nitrogen and oxygen atoms in total. The molecule has 0 bridgehead atoms. The molecule has 2 aromatic carbocycles. The van der Waals surface area contributed by atoms with Crippen LogP contribution in [0.15, 0.2) is 42.5 Å². The number of rotatable bonds is 2. The second-order valence-electron chi connectivity index (χ2n) is 4.77. The maximum atomic E-state index is 5.64. The van der Waals surface area contributed by atoms with Crippen molar-refractivity contribution in [2.75, 3.05) is 6.54 Å². The highest BCUT2D eigenvalue weighted by Gasteiger charge is 2.13. The molecule has 18 heavy (non-hydrogen) atoms. The van der Waals surface area contributed by atoms with Crippen LogP contribution in [0.25, 0.3) is 11.1 Å². The fourth-order valence-electron chi connectivity index (χ4n) is 2.62.